The van der Waals surface area contributed by atoms with E-state index in [1.54, 1.807) is 7.11 Å². The largest absolute Gasteiger partial charge is 0.493 e. The third-order valence-electron chi connectivity index (χ3n) is 6.59. The molecule has 2 fully saturated rings. The summed E-state index contributed by atoms with van der Waals surface area (Å²) in [5, 5.41) is 0. The highest BCUT2D eigenvalue weighted by molar-refractivity contribution is 5.89. The Labute approximate surface area is 142 Å². The molecule has 1 aromatic carbocycles. The van der Waals surface area contributed by atoms with Crippen molar-refractivity contribution < 1.29 is 14.3 Å². The number of hydrogen-bond donors (Lipinski definition) is 0. The number of benzene rings is 1. The summed E-state index contributed by atoms with van der Waals surface area (Å²) in [6, 6.07) is 4.73. The lowest BCUT2D eigenvalue weighted by molar-refractivity contribution is -0.138. The zero-order valence-electron chi connectivity index (χ0n) is 13.5. The van der Waals surface area contributed by atoms with Crippen LogP contribution in [0.25, 0.3) is 0 Å². The molecule has 4 atom stereocenters. The van der Waals surface area contributed by atoms with Gasteiger partial charge in [-0.15, -0.1) is 12.4 Å². The molecule has 4 nitrogen and oxygen atoms in total. The molecule has 2 heterocycles. The molecule has 2 bridgehead atoms. The van der Waals surface area contributed by atoms with Crippen LogP contribution in [0, 0.1) is 5.92 Å². The smallest absolute Gasteiger partial charge is 0.174 e. The fraction of sp³-hybridized carbons (Fsp3) is 0.611. The Morgan fingerprint density at radius 3 is 3.00 bits per heavy atom. The molecular formula is C18H22ClNO3. The first kappa shape index (κ1) is 15.3. The fourth-order valence-corrected chi connectivity index (χ4v) is 5.67. The van der Waals surface area contributed by atoms with Crippen LogP contribution < -0.4 is 9.47 Å². The number of carbonyl (C=O) groups is 1. The van der Waals surface area contributed by atoms with E-state index in [0.717, 1.165) is 37.3 Å². The van der Waals surface area contributed by atoms with E-state index in [4.69, 9.17) is 9.47 Å². The molecular weight excluding hydrogens is 314 g/mol. The number of ether oxygens (including phenoxy) is 2. The standard InChI is InChI=1S/C18H21NO3.ClH/c1-19-8-7-18-11-4-5-13(20)17(18)22-16-14(21-2)6-3-10(15(16)18)9-12(11)19;/h3,6,11-12,17H,4-5,7-9H2,1-2H3;1H/t11-,12+,17+,18+;/m0./s1. The van der Waals surface area contributed by atoms with Gasteiger partial charge < -0.3 is 14.4 Å². The summed E-state index contributed by atoms with van der Waals surface area (Å²) >= 11 is 0. The van der Waals surface area contributed by atoms with Crippen LogP contribution in [0.2, 0.25) is 0 Å². The third-order valence-corrected chi connectivity index (χ3v) is 6.59. The Kier molecular flexibility index (Phi) is 3.23. The number of ketones is 1. The Bertz CT molecular complexity index is 691. The first-order valence-corrected chi connectivity index (χ1v) is 8.27. The normalized spacial score (nSPS) is 36.8. The lowest BCUT2D eigenvalue weighted by atomic mass is 9.52. The molecule has 4 aliphatic rings. The Morgan fingerprint density at radius 2 is 2.22 bits per heavy atom. The zero-order valence-corrected chi connectivity index (χ0v) is 14.3. The number of methoxy groups -OCH3 is 1. The monoisotopic (exact) mass is 335 g/mol. The van der Waals surface area contributed by atoms with Gasteiger partial charge in [0.25, 0.3) is 0 Å². The number of carbonyl (C=O) groups excluding carboxylic acids is 1. The number of halogens is 1. The van der Waals surface area contributed by atoms with Crippen molar-refractivity contribution in [1.82, 2.24) is 4.90 Å². The topological polar surface area (TPSA) is 38.8 Å². The highest BCUT2D eigenvalue weighted by atomic mass is 35.5. The molecule has 1 saturated heterocycles. The summed E-state index contributed by atoms with van der Waals surface area (Å²) in [6.45, 7) is 1.05. The second-order valence-corrected chi connectivity index (χ2v) is 7.28. The van der Waals surface area contributed by atoms with Gasteiger partial charge in [0, 0.05) is 23.4 Å². The van der Waals surface area contributed by atoms with Crippen molar-refractivity contribution in [1.29, 1.82) is 0 Å². The average molecular weight is 336 g/mol. The van der Waals surface area contributed by atoms with Gasteiger partial charge in [-0.1, -0.05) is 6.07 Å². The molecule has 0 unspecified atom stereocenters. The molecule has 23 heavy (non-hydrogen) atoms. The van der Waals surface area contributed by atoms with E-state index in [2.05, 4.69) is 18.0 Å². The van der Waals surface area contributed by atoms with Gasteiger partial charge in [-0.25, -0.2) is 0 Å². The zero-order chi connectivity index (χ0) is 15.1. The van der Waals surface area contributed by atoms with E-state index < -0.39 is 0 Å². The maximum Gasteiger partial charge on any atom is 0.174 e. The number of piperidine rings is 1. The third kappa shape index (κ3) is 1.64. The lowest BCUT2D eigenvalue weighted by Gasteiger charge is -2.57. The van der Waals surface area contributed by atoms with Gasteiger partial charge in [-0.3, -0.25) is 4.79 Å². The first-order valence-electron chi connectivity index (χ1n) is 8.27. The van der Waals surface area contributed by atoms with Gasteiger partial charge in [0.15, 0.2) is 23.4 Å². The molecule has 5 heteroatoms. The van der Waals surface area contributed by atoms with Crippen molar-refractivity contribution in [2.75, 3.05) is 20.7 Å². The number of nitrogens with zero attached hydrogens (tertiary/aromatic N) is 1. The van der Waals surface area contributed by atoms with Crippen molar-refractivity contribution in [3.63, 3.8) is 0 Å². The summed E-state index contributed by atoms with van der Waals surface area (Å²) in [4.78, 5) is 15.1. The van der Waals surface area contributed by atoms with Gasteiger partial charge in [0.05, 0.1) is 7.11 Å². The van der Waals surface area contributed by atoms with Crippen LogP contribution in [0.4, 0.5) is 0 Å². The predicted octanol–water partition coefficient (Wildman–Crippen LogP) is 2.36. The summed E-state index contributed by atoms with van der Waals surface area (Å²) in [6.07, 6.45) is 3.47. The van der Waals surface area contributed by atoms with E-state index >= 15 is 0 Å². The van der Waals surface area contributed by atoms with Gasteiger partial charge in [-0.05, 0) is 50.4 Å². The van der Waals surface area contributed by atoms with Crippen molar-refractivity contribution in [2.24, 2.45) is 5.92 Å². The van der Waals surface area contributed by atoms with Gasteiger partial charge in [0.2, 0.25) is 0 Å². The molecule has 5 rings (SSSR count). The van der Waals surface area contributed by atoms with Crippen molar-refractivity contribution >= 4 is 18.2 Å². The van der Waals surface area contributed by atoms with Crippen LogP contribution in [-0.2, 0) is 16.6 Å². The minimum atomic E-state index is -0.284. The molecule has 2 aliphatic carbocycles. The van der Waals surface area contributed by atoms with Gasteiger partial charge in [0.1, 0.15) is 0 Å². The minimum absolute atomic E-state index is 0. The molecule has 0 aromatic heterocycles. The number of Topliss-reactive ketones (excluding diaryl/α,β-unsaturated/α-hetero) is 1. The molecule has 0 N–H and O–H groups in total. The van der Waals surface area contributed by atoms with Gasteiger partial charge in [-0.2, -0.15) is 0 Å². The molecule has 124 valence electrons. The van der Waals surface area contributed by atoms with Crippen molar-refractivity contribution in [3.05, 3.63) is 23.3 Å². The quantitative estimate of drug-likeness (QED) is 0.789. The Hall–Kier alpha value is -1.26. The molecule has 1 spiro atoms. The van der Waals surface area contributed by atoms with E-state index in [1.165, 1.54) is 11.1 Å². The number of hydrogen-bond acceptors (Lipinski definition) is 4. The average Bonchev–Trinajstić information content (AvgIpc) is 2.88. The summed E-state index contributed by atoms with van der Waals surface area (Å²) in [7, 11) is 3.91. The molecule has 0 radical (unpaired) electrons. The van der Waals surface area contributed by atoms with Crippen LogP contribution >= 0.6 is 12.4 Å². The Balaban J connectivity index is 0.00000135. The Morgan fingerprint density at radius 1 is 1.39 bits per heavy atom. The SMILES string of the molecule is COc1ccc2c3c1O[C@@H]1C(=O)CC[C@H]4[C@@H](C2)N(C)CC[C@@]314.Cl. The van der Waals surface area contributed by atoms with E-state index in [1.807, 2.05) is 6.07 Å². The number of rotatable bonds is 1. The van der Waals surface area contributed by atoms with Crippen LogP contribution in [0.3, 0.4) is 0 Å². The highest BCUT2D eigenvalue weighted by Crippen LogP contribution is 2.62. The van der Waals surface area contributed by atoms with E-state index in [0.29, 0.717) is 18.4 Å². The van der Waals surface area contributed by atoms with E-state index in [9.17, 15) is 4.79 Å². The lowest BCUT2D eigenvalue weighted by Crippen LogP contribution is -2.65. The predicted molar refractivity (Wildman–Crippen MR) is 88.8 cm³/mol. The van der Waals surface area contributed by atoms with Crippen molar-refractivity contribution in [3.8, 4) is 11.5 Å². The van der Waals surface area contributed by atoms with Crippen LogP contribution in [0.5, 0.6) is 11.5 Å². The summed E-state index contributed by atoms with van der Waals surface area (Å²) in [5.74, 6) is 2.46. The van der Waals surface area contributed by atoms with E-state index in [-0.39, 0.29) is 29.7 Å². The van der Waals surface area contributed by atoms with Crippen LogP contribution in [-0.4, -0.2) is 43.5 Å². The second-order valence-electron chi connectivity index (χ2n) is 7.28. The fourth-order valence-electron chi connectivity index (χ4n) is 5.67. The van der Waals surface area contributed by atoms with Gasteiger partial charge >= 0.3 is 0 Å². The van der Waals surface area contributed by atoms with Crippen LogP contribution in [0.1, 0.15) is 30.4 Å². The maximum absolute atomic E-state index is 12.6. The minimum Gasteiger partial charge on any atom is -0.493 e. The second kappa shape index (κ2) is 4.87. The highest BCUT2D eigenvalue weighted by Gasteiger charge is 2.65. The number of likely N-dealkylation sites (tertiary alicyclic amines) is 1. The molecule has 1 saturated carbocycles. The van der Waals surface area contributed by atoms with Crippen LogP contribution in [0.15, 0.2) is 12.1 Å². The number of likely N-dealkylation sites (N-methyl/N-ethyl adjacent to an activating group) is 1. The summed E-state index contributed by atoms with van der Waals surface area (Å²) in [5.41, 5.74) is 2.57. The van der Waals surface area contributed by atoms with Crippen molar-refractivity contribution in [2.45, 2.75) is 43.2 Å². The first-order chi connectivity index (χ1) is 10.7. The molecule has 0 amide bonds. The molecule has 2 aliphatic heterocycles. The summed E-state index contributed by atoms with van der Waals surface area (Å²) < 4.78 is 11.8. The maximum atomic E-state index is 12.6. The molecule has 1 aromatic rings.